The minimum atomic E-state index is -3.81. The predicted molar refractivity (Wildman–Crippen MR) is 107 cm³/mol. The normalized spacial score (nSPS) is 11.1. The van der Waals surface area contributed by atoms with E-state index >= 15 is 0 Å². The fourth-order valence-corrected chi connectivity index (χ4v) is 16.1. The molecule has 0 radical (unpaired) electrons. The molecule has 0 unspecified atom stereocenters. The molecule has 1 rings (SSSR count). The molecule has 12 heteroatoms. The van der Waals surface area contributed by atoms with E-state index in [1.165, 1.54) is 22.9 Å². The largest absolute Gasteiger partial charge is 0.325 e. The Hall–Kier alpha value is 0.863. The van der Waals surface area contributed by atoms with Crippen LogP contribution in [0.5, 0.6) is 0 Å². The second-order valence-corrected chi connectivity index (χ2v) is 24.8. The quantitative estimate of drug-likeness (QED) is 0.234. The van der Waals surface area contributed by atoms with E-state index in [2.05, 4.69) is 67.8 Å². The molecule has 0 aliphatic carbocycles. The molecule has 7 nitrogen and oxygen atoms in total. The summed E-state index contributed by atoms with van der Waals surface area (Å²) in [5.74, 6) is 0. The van der Waals surface area contributed by atoms with Gasteiger partial charge in [0.05, 0.1) is 0 Å². The van der Waals surface area contributed by atoms with Crippen LogP contribution in [0.2, 0.25) is 10.0 Å². The average Bonchev–Trinajstić information content (AvgIpc) is 2.44. The minimum Gasteiger partial charge on any atom is -0.325 e. The van der Waals surface area contributed by atoms with E-state index in [9.17, 15) is 0 Å². The van der Waals surface area contributed by atoms with Crippen LogP contribution >= 0.6 is 13.4 Å². The Balaban J connectivity index is 0. The Morgan fingerprint density at radius 1 is 0.840 bits per heavy atom. The van der Waals surface area contributed by atoms with Gasteiger partial charge in [-0.15, -0.1) is 0 Å². The van der Waals surface area contributed by atoms with Crippen LogP contribution in [0.4, 0.5) is 0 Å². The van der Waals surface area contributed by atoms with Gasteiger partial charge in [-0.2, -0.15) is 0 Å². The average molecular weight is 487 g/mol. The summed E-state index contributed by atoms with van der Waals surface area (Å²) in [6.45, 7) is -3.02. The van der Waals surface area contributed by atoms with Crippen LogP contribution in [0.1, 0.15) is 26.7 Å². The summed E-state index contributed by atoms with van der Waals surface area (Å²) in [6.07, 6.45) is 2.60. The van der Waals surface area contributed by atoms with Crippen molar-refractivity contribution < 1.29 is 44.1 Å². The van der Waals surface area contributed by atoms with Gasteiger partial charge >= 0.3 is 110 Å². The first-order chi connectivity index (χ1) is 11.3. The number of nitrogens with two attached hydrogens (primary N) is 1. The SMILES string of the molecule is CC[CH2][Zn]([CH2]N)([CH2]CC)[c]1ccccc1.OP(O)(O)=S.OP(O)(O)=S. The van der Waals surface area contributed by atoms with Crippen molar-refractivity contribution in [3.63, 3.8) is 0 Å². The summed E-state index contributed by atoms with van der Waals surface area (Å²) in [4.78, 5) is 45.3. The van der Waals surface area contributed by atoms with Crippen LogP contribution < -0.4 is 9.89 Å². The number of hydrogen-bond acceptors (Lipinski definition) is 3. The van der Waals surface area contributed by atoms with Gasteiger partial charge < -0.3 is 29.4 Å². The molecule has 146 valence electrons. The first kappa shape index (κ1) is 28.1. The molecule has 0 aliphatic rings. The molecular weight excluding hydrogens is 458 g/mol. The van der Waals surface area contributed by atoms with E-state index in [0.717, 1.165) is 5.14 Å². The summed E-state index contributed by atoms with van der Waals surface area (Å²) in [6, 6.07) is 11.1. The molecule has 0 aromatic heterocycles. The maximum atomic E-state index is 7.56. The fraction of sp³-hybridized carbons (Fsp3) is 0.538. The van der Waals surface area contributed by atoms with Gasteiger partial charge in [0.1, 0.15) is 0 Å². The number of rotatable bonds is 6. The third-order valence-corrected chi connectivity index (χ3v) is 19.9. The molecule has 1 aromatic carbocycles. The Kier molecular flexibility index (Phi) is 15.7. The zero-order chi connectivity index (χ0) is 20.1. The first-order valence-electron chi connectivity index (χ1n) is 8.15. The molecule has 0 bridgehead atoms. The maximum absolute atomic E-state index is 7.56. The summed E-state index contributed by atoms with van der Waals surface area (Å²) in [7, 11) is 0. The van der Waals surface area contributed by atoms with Gasteiger partial charge in [0.15, 0.2) is 0 Å². The molecule has 1 aromatic rings. The van der Waals surface area contributed by atoms with E-state index in [1.54, 1.807) is 4.16 Å². The molecule has 0 amide bonds. The summed E-state index contributed by atoms with van der Waals surface area (Å²) >= 11 is 4.93. The van der Waals surface area contributed by atoms with Gasteiger partial charge in [-0.1, -0.05) is 0 Å². The van der Waals surface area contributed by atoms with Gasteiger partial charge in [-0.05, 0) is 23.6 Å². The van der Waals surface area contributed by atoms with Crippen molar-refractivity contribution in [3.05, 3.63) is 30.3 Å². The molecule has 0 saturated heterocycles. The Morgan fingerprint density at radius 3 is 1.40 bits per heavy atom. The van der Waals surface area contributed by atoms with Crippen LogP contribution in [-0.4, -0.2) is 34.5 Å². The summed E-state index contributed by atoms with van der Waals surface area (Å²) in [5.41, 5.74) is 6.11. The molecule has 8 N–H and O–H groups in total. The molecule has 0 saturated carbocycles. The molecule has 0 atom stereocenters. The second-order valence-electron chi connectivity index (χ2n) is 6.32. The van der Waals surface area contributed by atoms with Crippen molar-refractivity contribution in [2.45, 2.75) is 36.7 Å². The zero-order valence-corrected chi connectivity index (χ0v) is 21.0. The van der Waals surface area contributed by atoms with Gasteiger partial charge in [0.25, 0.3) is 0 Å². The number of hydrogen-bond donors (Lipinski definition) is 7. The second kappa shape index (κ2) is 13.9. The van der Waals surface area contributed by atoms with E-state index in [1.807, 2.05) is 0 Å². The molecule has 0 aliphatic heterocycles. The number of benzene rings is 1. The first-order valence-corrected chi connectivity index (χ1v) is 21.3. The molecule has 0 fully saturated rings. The van der Waals surface area contributed by atoms with Gasteiger partial charge in [0.2, 0.25) is 0 Å². The smallest absolute Gasteiger partial charge is 0.319 e. The fourth-order valence-electron chi connectivity index (χ4n) is 3.37. The maximum Gasteiger partial charge on any atom is 0.319 e. The van der Waals surface area contributed by atoms with E-state index in [-0.39, 0.29) is 0 Å². The van der Waals surface area contributed by atoms with Crippen molar-refractivity contribution in [1.82, 2.24) is 0 Å². The Labute approximate surface area is 162 Å². The molecule has 25 heavy (non-hydrogen) atoms. The van der Waals surface area contributed by atoms with Crippen molar-refractivity contribution in [2.75, 3.05) is 5.14 Å². The van der Waals surface area contributed by atoms with Gasteiger partial charge in [-0.3, -0.25) is 0 Å². The topological polar surface area (TPSA) is 147 Å². The van der Waals surface area contributed by atoms with Crippen LogP contribution in [-0.2, 0) is 38.4 Å². The van der Waals surface area contributed by atoms with Crippen LogP contribution in [0.3, 0.4) is 0 Å². The van der Waals surface area contributed by atoms with Crippen LogP contribution in [0, 0.1) is 0 Å². The molecular formula is C13H29NO6P2S2Zn. The van der Waals surface area contributed by atoms with Crippen molar-refractivity contribution in [2.24, 2.45) is 5.73 Å². The molecule has 0 spiro atoms. The van der Waals surface area contributed by atoms with Crippen LogP contribution in [0.15, 0.2) is 30.3 Å². The van der Waals surface area contributed by atoms with E-state index in [4.69, 9.17) is 35.1 Å². The zero-order valence-electron chi connectivity index (χ0n) is 14.6. The van der Waals surface area contributed by atoms with Crippen molar-refractivity contribution in [1.29, 1.82) is 0 Å². The van der Waals surface area contributed by atoms with Gasteiger partial charge in [-0.25, -0.2) is 0 Å². The summed E-state index contributed by atoms with van der Waals surface area (Å²) in [5, 5.41) is 3.81. The van der Waals surface area contributed by atoms with E-state index < -0.39 is 28.2 Å². The third-order valence-electron chi connectivity index (χ3n) is 4.32. The Morgan fingerprint density at radius 2 is 1.16 bits per heavy atom. The molecule has 0 heterocycles. The standard InChI is InChI=1S/C6H5.2C3H7.CH4N.2H3O3PS.Zn/c1-2-4-6-5-3-1;2*1-3-2;1-2;2*1-4(2,3)5;/h1-5H;2*1,3H2,2H3;1-2H2;2*(H3,1,2,3,5);. The van der Waals surface area contributed by atoms with Crippen molar-refractivity contribution in [3.8, 4) is 0 Å². The van der Waals surface area contributed by atoms with Crippen LogP contribution in [0.25, 0.3) is 0 Å². The Bertz CT molecular complexity index is 512. The van der Waals surface area contributed by atoms with Crippen molar-refractivity contribution >= 4 is 41.2 Å². The summed E-state index contributed by atoms with van der Waals surface area (Å²) < 4.78 is 1.63. The third kappa shape index (κ3) is 19.4. The van der Waals surface area contributed by atoms with Gasteiger partial charge in [0, 0.05) is 0 Å². The monoisotopic (exact) mass is 485 g/mol. The predicted octanol–water partition coefficient (Wildman–Crippen LogP) is 1.41. The minimum absolute atomic E-state index is 0.981. The van der Waals surface area contributed by atoms with E-state index in [0.29, 0.717) is 0 Å².